The van der Waals surface area contributed by atoms with Crippen LogP contribution in [0.2, 0.25) is 0 Å². The van der Waals surface area contributed by atoms with E-state index in [-0.39, 0.29) is 16.0 Å². The highest BCUT2D eigenvalue weighted by atomic mass is 32.2. The van der Waals surface area contributed by atoms with Gasteiger partial charge < -0.3 is 0 Å². The molecule has 0 saturated heterocycles. The molecule has 0 aliphatic carbocycles. The van der Waals surface area contributed by atoms with Gasteiger partial charge in [0.2, 0.25) is 0 Å². The Balaban J connectivity index is 2.39. The van der Waals surface area contributed by atoms with Crippen molar-refractivity contribution in [1.82, 2.24) is 0 Å². The van der Waals surface area contributed by atoms with Gasteiger partial charge in [-0.05, 0) is 36.1 Å². The molecule has 110 valence electrons. The zero-order valence-electron chi connectivity index (χ0n) is 12.7. The number of hydrogen-bond donors (Lipinski definition) is 0. The van der Waals surface area contributed by atoms with Crippen molar-refractivity contribution in [2.45, 2.75) is 42.9 Å². The number of nitro groups is 1. The maximum absolute atomic E-state index is 11.3. The SMILES string of the molecule is Cc1ccc(Sc2ccc(C(C)(C)C)cc2[N+](=O)[O-])cc1. The average Bonchev–Trinajstić information content (AvgIpc) is 2.40. The molecule has 0 fully saturated rings. The third-order valence-corrected chi connectivity index (χ3v) is 4.34. The van der Waals surface area contributed by atoms with Crippen LogP contribution in [0.4, 0.5) is 5.69 Å². The molecule has 0 aromatic heterocycles. The highest BCUT2D eigenvalue weighted by Gasteiger charge is 2.21. The summed E-state index contributed by atoms with van der Waals surface area (Å²) in [5, 5.41) is 11.3. The maximum Gasteiger partial charge on any atom is 0.283 e. The van der Waals surface area contributed by atoms with Crippen molar-refractivity contribution >= 4 is 17.4 Å². The first-order chi connectivity index (χ1) is 9.77. The minimum absolute atomic E-state index is 0.0994. The van der Waals surface area contributed by atoms with E-state index in [4.69, 9.17) is 0 Å². The Morgan fingerprint density at radius 2 is 1.67 bits per heavy atom. The van der Waals surface area contributed by atoms with Gasteiger partial charge in [-0.2, -0.15) is 0 Å². The standard InChI is InChI=1S/C17H19NO2S/c1-12-5-8-14(9-6-12)21-16-10-7-13(17(2,3)4)11-15(16)18(19)20/h5-11H,1-4H3. The fourth-order valence-corrected chi connectivity index (χ4v) is 2.85. The van der Waals surface area contributed by atoms with E-state index >= 15 is 0 Å². The van der Waals surface area contributed by atoms with E-state index < -0.39 is 0 Å². The van der Waals surface area contributed by atoms with Gasteiger partial charge in [0.15, 0.2) is 0 Å². The normalized spacial score (nSPS) is 11.4. The molecule has 21 heavy (non-hydrogen) atoms. The zero-order chi connectivity index (χ0) is 15.6. The summed E-state index contributed by atoms with van der Waals surface area (Å²) in [5.74, 6) is 0. The summed E-state index contributed by atoms with van der Waals surface area (Å²) in [5.41, 5.74) is 2.23. The molecule has 2 rings (SSSR count). The molecule has 0 atom stereocenters. The molecular weight excluding hydrogens is 282 g/mol. The van der Waals surface area contributed by atoms with Gasteiger partial charge >= 0.3 is 0 Å². The van der Waals surface area contributed by atoms with E-state index in [1.165, 1.54) is 17.3 Å². The van der Waals surface area contributed by atoms with Gasteiger partial charge in [0.25, 0.3) is 5.69 Å². The Morgan fingerprint density at radius 1 is 1.05 bits per heavy atom. The Morgan fingerprint density at radius 3 is 2.19 bits per heavy atom. The first kappa shape index (κ1) is 15.6. The Hall–Kier alpha value is -1.81. The lowest BCUT2D eigenvalue weighted by atomic mass is 9.87. The van der Waals surface area contributed by atoms with Gasteiger partial charge in [-0.3, -0.25) is 10.1 Å². The van der Waals surface area contributed by atoms with Crippen molar-refractivity contribution in [2.75, 3.05) is 0 Å². The molecule has 0 spiro atoms. The molecule has 0 unspecified atom stereocenters. The predicted molar refractivity (Wildman–Crippen MR) is 87.1 cm³/mol. The summed E-state index contributed by atoms with van der Waals surface area (Å²) in [7, 11) is 0. The molecule has 4 heteroatoms. The summed E-state index contributed by atoms with van der Waals surface area (Å²) in [6, 6.07) is 13.5. The topological polar surface area (TPSA) is 43.1 Å². The lowest BCUT2D eigenvalue weighted by molar-refractivity contribution is -0.387. The van der Waals surface area contributed by atoms with E-state index in [0.29, 0.717) is 4.90 Å². The minimum Gasteiger partial charge on any atom is -0.258 e. The molecule has 0 heterocycles. The van der Waals surface area contributed by atoms with Crippen LogP contribution < -0.4 is 0 Å². The molecule has 0 bridgehead atoms. The summed E-state index contributed by atoms with van der Waals surface area (Å²) in [6.45, 7) is 8.19. The van der Waals surface area contributed by atoms with Crippen LogP contribution in [-0.2, 0) is 5.41 Å². The second-order valence-electron chi connectivity index (χ2n) is 6.10. The number of hydrogen-bond acceptors (Lipinski definition) is 3. The number of nitro benzene ring substituents is 1. The third-order valence-electron chi connectivity index (χ3n) is 3.27. The lowest BCUT2D eigenvalue weighted by Crippen LogP contribution is -2.11. The summed E-state index contributed by atoms with van der Waals surface area (Å²) in [4.78, 5) is 12.7. The largest absolute Gasteiger partial charge is 0.283 e. The summed E-state index contributed by atoms with van der Waals surface area (Å²) >= 11 is 1.43. The monoisotopic (exact) mass is 301 g/mol. The van der Waals surface area contributed by atoms with Crippen LogP contribution in [-0.4, -0.2) is 4.92 Å². The number of nitrogens with zero attached hydrogens (tertiary/aromatic N) is 1. The summed E-state index contributed by atoms with van der Waals surface area (Å²) < 4.78 is 0. The van der Waals surface area contributed by atoms with Crippen LogP contribution >= 0.6 is 11.8 Å². The van der Waals surface area contributed by atoms with Crippen LogP contribution in [0.15, 0.2) is 52.3 Å². The zero-order valence-corrected chi connectivity index (χ0v) is 13.5. The molecule has 0 aliphatic heterocycles. The quantitative estimate of drug-likeness (QED) is 0.567. The van der Waals surface area contributed by atoms with Gasteiger partial charge in [0.1, 0.15) is 0 Å². The predicted octanol–water partition coefficient (Wildman–Crippen LogP) is 5.35. The Labute approximate surface area is 129 Å². The lowest BCUT2D eigenvalue weighted by Gasteiger charge is -2.19. The molecule has 0 saturated carbocycles. The van der Waals surface area contributed by atoms with Crippen molar-refractivity contribution in [3.05, 3.63) is 63.7 Å². The van der Waals surface area contributed by atoms with Crippen molar-refractivity contribution in [3.8, 4) is 0 Å². The van der Waals surface area contributed by atoms with E-state index in [9.17, 15) is 10.1 Å². The number of rotatable bonds is 3. The smallest absolute Gasteiger partial charge is 0.258 e. The molecule has 2 aromatic rings. The van der Waals surface area contributed by atoms with E-state index in [0.717, 1.165) is 10.5 Å². The summed E-state index contributed by atoms with van der Waals surface area (Å²) in [6.07, 6.45) is 0. The van der Waals surface area contributed by atoms with Gasteiger partial charge in [0, 0.05) is 11.0 Å². The second kappa shape index (κ2) is 5.90. The number of benzene rings is 2. The highest BCUT2D eigenvalue weighted by Crippen LogP contribution is 2.37. The van der Waals surface area contributed by atoms with Crippen LogP contribution in [0, 0.1) is 17.0 Å². The molecule has 2 aromatic carbocycles. The first-order valence-corrected chi connectivity index (χ1v) is 7.62. The number of aryl methyl sites for hydroxylation is 1. The minimum atomic E-state index is -0.300. The Bertz CT molecular complexity index is 657. The van der Waals surface area contributed by atoms with Crippen LogP contribution in [0.5, 0.6) is 0 Å². The second-order valence-corrected chi connectivity index (χ2v) is 7.22. The van der Waals surface area contributed by atoms with Crippen molar-refractivity contribution in [2.24, 2.45) is 0 Å². The third kappa shape index (κ3) is 3.85. The molecule has 0 aliphatic rings. The van der Waals surface area contributed by atoms with Gasteiger partial charge in [-0.15, -0.1) is 0 Å². The van der Waals surface area contributed by atoms with Gasteiger partial charge in [0.05, 0.1) is 9.82 Å². The molecule has 0 amide bonds. The van der Waals surface area contributed by atoms with E-state index in [2.05, 4.69) is 20.8 Å². The Kier molecular flexibility index (Phi) is 4.37. The molecule has 3 nitrogen and oxygen atoms in total. The average molecular weight is 301 g/mol. The van der Waals surface area contributed by atoms with Crippen LogP contribution in [0.25, 0.3) is 0 Å². The van der Waals surface area contributed by atoms with E-state index in [1.54, 1.807) is 6.07 Å². The van der Waals surface area contributed by atoms with Crippen molar-refractivity contribution < 1.29 is 4.92 Å². The highest BCUT2D eigenvalue weighted by molar-refractivity contribution is 7.99. The van der Waals surface area contributed by atoms with Gasteiger partial charge in [-0.25, -0.2) is 0 Å². The van der Waals surface area contributed by atoms with Crippen molar-refractivity contribution in [3.63, 3.8) is 0 Å². The fraction of sp³-hybridized carbons (Fsp3) is 0.294. The molecule has 0 radical (unpaired) electrons. The van der Waals surface area contributed by atoms with Crippen LogP contribution in [0.1, 0.15) is 31.9 Å². The molecular formula is C17H19NO2S. The first-order valence-electron chi connectivity index (χ1n) is 6.81. The van der Waals surface area contributed by atoms with Crippen molar-refractivity contribution in [1.29, 1.82) is 0 Å². The van der Waals surface area contributed by atoms with Crippen LogP contribution in [0.3, 0.4) is 0 Å². The molecule has 0 N–H and O–H groups in total. The maximum atomic E-state index is 11.3. The van der Waals surface area contributed by atoms with Gasteiger partial charge in [-0.1, -0.05) is 56.3 Å². The fourth-order valence-electron chi connectivity index (χ4n) is 1.95. The van der Waals surface area contributed by atoms with E-state index in [1.807, 2.05) is 43.3 Å².